The number of hydrogen-bond donors (Lipinski definition) is 1. The first-order valence-electron chi connectivity index (χ1n) is 11.0. The number of epoxide rings is 1. The molecule has 1 unspecified atom stereocenters. The lowest BCUT2D eigenvalue weighted by Gasteiger charge is -2.58. The number of methoxy groups -OCH3 is 1. The van der Waals surface area contributed by atoms with Crippen LogP contribution in [0.15, 0.2) is 11.6 Å². The van der Waals surface area contributed by atoms with Gasteiger partial charge in [0.05, 0.1) is 6.61 Å². The maximum atomic E-state index is 12.4. The highest BCUT2D eigenvalue weighted by Crippen LogP contribution is 2.75. The Morgan fingerprint density at radius 3 is 2.74 bits per heavy atom. The second kappa shape index (κ2) is 5.60. The Morgan fingerprint density at radius 1 is 1.22 bits per heavy atom. The van der Waals surface area contributed by atoms with Crippen LogP contribution in [0.2, 0.25) is 0 Å². The first-order valence-corrected chi connectivity index (χ1v) is 11.0. The standard InChI is InChI=1S/C23H35NO3/c1-20-11-5-4-6-15(20)7-8-16-17(20)9-12-21(2)18(16)10-13-23(21)22(27-23,14-26-3)19(24)25/h6,16-18H,4-5,7-14H2,1-3H3,(H2,24,25)/t16-,17+,18+,20+,21+,22?,23-/m1/s1. The van der Waals surface area contributed by atoms with Crippen LogP contribution >= 0.6 is 0 Å². The topological polar surface area (TPSA) is 64.8 Å². The van der Waals surface area contributed by atoms with Gasteiger partial charge in [-0.05, 0) is 81.0 Å². The molecule has 4 fully saturated rings. The fraction of sp³-hybridized carbons (Fsp3) is 0.870. The minimum atomic E-state index is -0.896. The van der Waals surface area contributed by atoms with Crippen molar-refractivity contribution in [2.75, 3.05) is 13.7 Å². The Morgan fingerprint density at radius 2 is 2.00 bits per heavy atom. The lowest BCUT2D eigenvalue weighted by Crippen LogP contribution is -2.55. The molecule has 5 rings (SSSR count). The molecule has 0 aromatic heterocycles. The number of carbonyl (C=O) groups excluding carboxylic acids is 1. The molecule has 1 aliphatic heterocycles. The number of nitrogens with two attached hydrogens (primary N) is 1. The molecule has 27 heavy (non-hydrogen) atoms. The number of primary amides is 1. The third-order valence-corrected chi connectivity index (χ3v) is 9.85. The molecule has 4 heteroatoms. The number of fused-ring (bicyclic) bond motifs is 6. The summed E-state index contributed by atoms with van der Waals surface area (Å²) in [5.74, 6) is 1.88. The summed E-state index contributed by atoms with van der Waals surface area (Å²) in [7, 11) is 1.64. The van der Waals surface area contributed by atoms with Gasteiger partial charge in [-0.25, -0.2) is 0 Å². The number of amides is 1. The van der Waals surface area contributed by atoms with E-state index in [9.17, 15) is 4.79 Å². The van der Waals surface area contributed by atoms with Crippen molar-refractivity contribution in [3.8, 4) is 0 Å². The third-order valence-electron chi connectivity index (χ3n) is 9.85. The molecule has 4 aliphatic carbocycles. The average molecular weight is 374 g/mol. The van der Waals surface area contributed by atoms with Crippen molar-refractivity contribution in [2.45, 2.75) is 82.8 Å². The Bertz CT molecular complexity index is 704. The van der Waals surface area contributed by atoms with E-state index in [1.165, 1.54) is 44.9 Å². The molecule has 1 spiro atoms. The molecule has 1 saturated heterocycles. The van der Waals surface area contributed by atoms with Gasteiger partial charge in [-0.2, -0.15) is 0 Å². The molecule has 5 aliphatic rings. The van der Waals surface area contributed by atoms with Gasteiger partial charge in [0, 0.05) is 12.5 Å². The zero-order valence-electron chi connectivity index (χ0n) is 17.2. The lowest BCUT2D eigenvalue weighted by molar-refractivity contribution is -0.125. The first kappa shape index (κ1) is 18.2. The molecule has 2 N–H and O–H groups in total. The van der Waals surface area contributed by atoms with E-state index in [0.717, 1.165) is 24.7 Å². The number of ether oxygens (including phenoxy) is 2. The predicted octanol–water partition coefficient (Wildman–Crippen LogP) is 3.98. The molecule has 0 bridgehead atoms. The van der Waals surface area contributed by atoms with E-state index >= 15 is 0 Å². The van der Waals surface area contributed by atoms with Crippen LogP contribution in [0.1, 0.15) is 71.6 Å². The molecular weight excluding hydrogens is 338 g/mol. The summed E-state index contributed by atoms with van der Waals surface area (Å²) in [6.45, 7) is 5.24. The van der Waals surface area contributed by atoms with Crippen molar-refractivity contribution in [3.63, 3.8) is 0 Å². The van der Waals surface area contributed by atoms with E-state index in [1.807, 2.05) is 0 Å². The maximum Gasteiger partial charge on any atom is 0.255 e. The van der Waals surface area contributed by atoms with E-state index in [0.29, 0.717) is 17.9 Å². The summed E-state index contributed by atoms with van der Waals surface area (Å²) in [4.78, 5) is 12.4. The van der Waals surface area contributed by atoms with Gasteiger partial charge in [-0.15, -0.1) is 0 Å². The zero-order valence-corrected chi connectivity index (χ0v) is 17.2. The van der Waals surface area contributed by atoms with Crippen LogP contribution in [0.25, 0.3) is 0 Å². The highest BCUT2D eigenvalue weighted by Gasteiger charge is 2.84. The van der Waals surface area contributed by atoms with Crippen molar-refractivity contribution < 1.29 is 14.3 Å². The van der Waals surface area contributed by atoms with Crippen molar-refractivity contribution >= 4 is 5.91 Å². The Labute approximate surface area is 163 Å². The molecule has 0 aromatic carbocycles. The predicted molar refractivity (Wildman–Crippen MR) is 104 cm³/mol. The lowest BCUT2D eigenvalue weighted by atomic mass is 9.46. The van der Waals surface area contributed by atoms with E-state index in [1.54, 1.807) is 12.7 Å². The van der Waals surface area contributed by atoms with Gasteiger partial charge in [-0.3, -0.25) is 4.79 Å². The monoisotopic (exact) mass is 373 g/mol. The van der Waals surface area contributed by atoms with Crippen molar-refractivity contribution in [2.24, 2.45) is 34.3 Å². The number of rotatable bonds is 3. The van der Waals surface area contributed by atoms with Crippen LogP contribution in [-0.4, -0.2) is 30.8 Å². The number of hydrogen-bond acceptors (Lipinski definition) is 3. The minimum Gasteiger partial charge on any atom is -0.381 e. The van der Waals surface area contributed by atoms with Crippen LogP contribution in [0.4, 0.5) is 0 Å². The molecular formula is C23H35NO3. The van der Waals surface area contributed by atoms with Crippen LogP contribution in [0.3, 0.4) is 0 Å². The third kappa shape index (κ3) is 1.99. The van der Waals surface area contributed by atoms with E-state index in [4.69, 9.17) is 15.2 Å². The number of carbonyl (C=O) groups is 1. The van der Waals surface area contributed by atoms with Gasteiger partial charge >= 0.3 is 0 Å². The van der Waals surface area contributed by atoms with Crippen molar-refractivity contribution in [3.05, 3.63) is 11.6 Å². The summed E-state index contributed by atoms with van der Waals surface area (Å²) < 4.78 is 11.7. The molecule has 150 valence electrons. The molecule has 1 amide bonds. The highest BCUT2D eigenvalue weighted by molar-refractivity contribution is 5.89. The second-order valence-corrected chi connectivity index (χ2v) is 10.5. The Hall–Kier alpha value is -0.870. The maximum absolute atomic E-state index is 12.4. The van der Waals surface area contributed by atoms with Crippen LogP contribution in [-0.2, 0) is 14.3 Å². The molecule has 3 saturated carbocycles. The van der Waals surface area contributed by atoms with E-state index in [2.05, 4.69) is 19.9 Å². The summed E-state index contributed by atoms with van der Waals surface area (Å²) in [6, 6.07) is 0. The molecule has 7 atom stereocenters. The summed E-state index contributed by atoms with van der Waals surface area (Å²) in [5.41, 5.74) is 6.77. The summed E-state index contributed by atoms with van der Waals surface area (Å²) in [6.07, 6.45) is 13.7. The van der Waals surface area contributed by atoms with Gasteiger partial charge in [0.25, 0.3) is 5.91 Å². The molecule has 0 aromatic rings. The summed E-state index contributed by atoms with van der Waals surface area (Å²) in [5, 5.41) is 0. The van der Waals surface area contributed by atoms with Gasteiger partial charge in [0.1, 0.15) is 5.60 Å². The van der Waals surface area contributed by atoms with E-state index in [-0.39, 0.29) is 16.9 Å². The highest BCUT2D eigenvalue weighted by atomic mass is 16.7. The molecule has 4 nitrogen and oxygen atoms in total. The van der Waals surface area contributed by atoms with Gasteiger partial charge in [0.15, 0.2) is 5.60 Å². The quantitative estimate of drug-likeness (QED) is 0.601. The smallest absolute Gasteiger partial charge is 0.255 e. The van der Waals surface area contributed by atoms with E-state index < -0.39 is 5.60 Å². The van der Waals surface area contributed by atoms with Crippen molar-refractivity contribution in [1.82, 2.24) is 0 Å². The van der Waals surface area contributed by atoms with Crippen molar-refractivity contribution in [1.29, 1.82) is 0 Å². The van der Waals surface area contributed by atoms with Crippen LogP contribution in [0.5, 0.6) is 0 Å². The normalized spacial score (nSPS) is 53.3. The minimum absolute atomic E-state index is 0.0496. The van der Waals surface area contributed by atoms with Crippen LogP contribution in [0, 0.1) is 28.6 Å². The molecule has 0 radical (unpaired) electrons. The van der Waals surface area contributed by atoms with Gasteiger partial charge in [-0.1, -0.05) is 25.5 Å². The largest absolute Gasteiger partial charge is 0.381 e. The van der Waals surface area contributed by atoms with Gasteiger partial charge in [0.2, 0.25) is 0 Å². The Kier molecular flexibility index (Phi) is 3.77. The SMILES string of the molecule is COCC1(C(N)=O)O[C@@]12CC[C@H]1[C@@H]3CCC4=CCCC[C@]4(C)[C@H]3CC[C@@]12C. The fourth-order valence-electron chi connectivity index (χ4n) is 8.52. The fourth-order valence-corrected chi connectivity index (χ4v) is 8.52. The molecule has 1 heterocycles. The Balaban J connectivity index is 1.48. The number of allylic oxidation sites excluding steroid dienone is 2. The average Bonchev–Trinajstić information content (AvgIpc) is 3.21. The van der Waals surface area contributed by atoms with Crippen LogP contribution < -0.4 is 5.73 Å². The van der Waals surface area contributed by atoms with Gasteiger partial charge < -0.3 is 15.2 Å². The first-order chi connectivity index (χ1) is 12.8. The second-order valence-electron chi connectivity index (χ2n) is 10.5. The zero-order chi connectivity index (χ0) is 19.1. The summed E-state index contributed by atoms with van der Waals surface area (Å²) >= 11 is 0.